The molecule has 126 valence electrons. The van der Waals surface area contributed by atoms with Crippen molar-refractivity contribution in [2.75, 3.05) is 5.32 Å². The number of anilines is 1. The predicted octanol–water partition coefficient (Wildman–Crippen LogP) is 3.67. The lowest BCUT2D eigenvalue weighted by atomic mass is 9.99. The average molecular weight is 340 g/mol. The molecule has 0 aliphatic carbocycles. The van der Waals surface area contributed by atoms with Gasteiger partial charge in [-0.25, -0.2) is 13.6 Å². The van der Waals surface area contributed by atoms with Gasteiger partial charge < -0.3 is 10.6 Å². The Balaban J connectivity index is 1.89. The molecule has 0 saturated heterocycles. The minimum Gasteiger partial charge on any atom is -0.327 e. The van der Waals surface area contributed by atoms with Crippen LogP contribution < -0.4 is 10.6 Å². The van der Waals surface area contributed by atoms with Crippen molar-refractivity contribution in [1.82, 2.24) is 15.3 Å². The van der Waals surface area contributed by atoms with E-state index < -0.39 is 23.7 Å². The van der Waals surface area contributed by atoms with Crippen LogP contribution in [0.3, 0.4) is 0 Å². The lowest BCUT2D eigenvalue weighted by Gasteiger charge is -2.20. The van der Waals surface area contributed by atoms with Gasteiger partial charge in [-0.3, -0.25) is 9.97 Å². The molecule has 0 bridgehead atoms. The lowest BCUT2D eigenvalue weighted by molar-refractivity contribution is 0.250. The smallest absolute Gasteiger partial charge is 0.320 e. The van der Waals surface area contributed by atoms with Crippen LogP contribution in [-0.2, 0) is 0 Å². The fraction of sp³-hybridized carbons (Fsp3) is 0.0556. The van der Waals surface area contributed by atoms with Crippen molar-refractivity contribution in [1.29, 1.82) is 0 Å². The number of nitrogens with one attached hydrogen (secondary N) is 2. The van der Waals surface area contributed by atoms with E-state index in [0.717, 1.165) is 18.2 Å². The number of rotatable bonds is 4. The standard InChI is InChI=1S/C18H14F2N4O/c19-13-3-4-16(20)15(10-13)17(12-5-8-21-9-6-12)24-18(25)23-14-2-1-7-22-11-14/h1-11,17H,(H2,23,24,25)/t17-/m1/s1. The Morgan fingerprint density at radius 1 is 1.00 bits per heavy atom. The second-order valence-corrected chi connectivity index (χ2v) is 5.22. The third-order valence-electron chi connectivity index (χ3n) is 3.50. The third-order valence-corrected chi connectivity index (χ3v) is 3.50. The number of carbonyl (C=O) groups is 1. The second kappa shape index (κ2) is 7.48. The number of carbonyl (C=O) groups excluding carboxylic acids is 1. The summed E-state index contributed by atoms with van der Waals surface area (Å²) < 4.78 is 27.8. The van der Waals surface area contributed by atoms with Gasteiger partial charge in [0.2, 0.25) is 0 Å². The molecule has 2 N–H and O–H groups in total. The van der Waals surface area contributed by atoms with Crippen molar-refractivity contribution in [3.63, 3.8) is 0 Å². The lowest BCUT2D eigenvalue weighted by Crippen LogP contribution is -2.33. The van der Waals surface area contributed by atoms with Crippen molar-refractivity contribution in [2.24, 2.45) is 0 Å². The van der Waals surface area contributed by atoms with Crippen LogP contribution in [-0.4, -0.2) is 16.0 Å². The molecule has 0 aliphatic rings. The van der Waals surface area contributed by atoms with Gasteiger partial charge in [-0.2, -0.15) is 0 Å². The Hall–Kier alpha value is -3.35. The van der Waals surface area contributed by atoms with E-state index in [2.05, 4.69) is 20.6 Å². The summed E-state index contributed by atoms with van der Waals surface area (Å²) in [6.07, 6.45) is 6.08. The van der Waals surface area contributed by atoms with Crippen LogP contribution in [0.5, 0.6) is 0 Å². The van der Waals surface area contributed by atoms with Gasteiger partial charge in [-0.1, -0.05) is 0 Å². The number of amides is 2. The summed E-state index contributed by atoms with van der Waals surface area (Å²) >= 11 is 0. The van der Waals surface area contributed by atoms with Crippen molar-refractivity contribution < 1.29 is 13.6 Å². The largest absolute Gasteiger partial charge is 0.327 e. The van der Waals surface area contributed by atoms with Gasteiger partial charge in [0.05, 0.1) is 17.9 Å². The van der Waals surface area contributed by atoms with Gasteiger partial charge in [0.15, 0.2) is 0 Å². The molecule has 1 aromatic carbocycles. The van der Waals surface area contributed by atoms with E-state index in [-0.39, 0.29) is 5.56 Å². The SMILES string of the molecule is O=C(Nc1cccnc1)N[C@H](c1ccncc1)c1cc(F)ccc1F. The number of benzene rings is 1. The van der Waals surface area contributed by atoms with Crippen LogP contribution in [0.25, 0.3) is 0 Å². The normalized spacial score (nSPS) is 11.6. The highest BCUT2D eigenvalue weighted by Gasteiger charge is 2.21. The molecule has 1 atom stereocenters. The first-order valence-corrected chi connectivity index (χ1v) is 7.46. The molecule has 2 heterocycles. The zero-order chi connectivity index (χ0) is 17.6. The van der Waals surface area contributed by atoms with E-state index in [0.29, 0.717) is 11.3 Å². The molecule has 0 spiro atoms. The summed E-state index contributed by atoms with van der Waals surface area (Å²) in [5, 5.41) is 5.26. The maximum absolute atomic E-state index is 14.2. The average Bonchev–Trinajstić information content (AvgIpc) is 2.63. The Morgan fingerprint density at radius 3 is 2.52 bits per heavy atom. The monoisotopic (exact) mass is 340 g/mol. The molecule has 2 aromatic heterocycles. The molecule has 2 amide bonds. The fourth-order valence-corrected chi connectivity index (χ4v) is 2.37. The van der Waals surface area contributed by atoms with E-state index in [1.54, 1.807) is 30.5 Å². The first-order chi connectivity index (χ1) is 12.1. The van der Waals surface area contributed by atoms with Gasteiger partial charge in [0.25, 0.3) is 0 Å². The van der Waals surface area contributed by atoms with E-state index >= 15 is 0 Å². The van der Waals surface area contributed by atoms with Gasteiger partial charge in [0.1, 0.15) is 11.6 Å². The second-order valence-electron chi connectivity index (χ2n) is 5.22. The quantitative estimate of drug-likeness (QED) is 0.761. The molecular formula is C18H14F2N4O. The predicted molar refractivity (Wildman–Crippen MR) is 88.8 cm³/mol. The summed E-state index contributed by atoms with van der Waals surface area (Å²) in [5.74, 6) is -1.21. The van der Waals surface area contributed by atoms with Crippen LogP contribution in [0, 0.1) is 11.6 Å². The zero-order valence-electron chi connectivity index (χ0n) is 13.0. The highest BCUT2D eigenvalue weighted by molar-refractivity contribution is 5.89. The van der Waals surface area contributed by atoms with Gasteiger partial charge in [0, 0.05) is 24.2 Å². The van der Waals surface area contributed by atoms with E-state index in [9.17, 15) is 13.6 Å². The zero-order valence-corrected chi connectivity index (χ0v) is 13.0. The summed E-state index contributed by atoms with van der Waals surface area (Å²) in [6.45, 7) is 0. The van der Waals surface area contributed by atoms with Crippen molar-refractivity contribution in [2.45, 2.75) is 6.04 Å². The van der Waals surface area contributed by atoms with E-state index in [1.807, 2.05) is 0 Å². The third kappa shape index (κ3) is 4.14. The van der Waals surface area contributed by atoms with Crippen molar-refractivity contribution in [3.05, 3.63) is 90.0 Å². The molecule has 0 radical (unpaired) electrons. The maximum Gasteiger partial charge on any atom is 0.320 e. The van der Waals surface area contributed by atoms with Crippen LogP contribution in [0.2, 0.25) is 0 Å². The number of hydrogen-bond acceptors (Lipinski definition) is 3. The molecule has 3 rings (SSSR count). The number of halogens is 2. The molecule has 0 saturated carbocycles. The summed E-state index contributed by atoms with van der Waals surface area (Å²) in [5.41, 5.74) is 1.07. The summed E-state index contributed by atoms with van der Waals surface area (Å²) in [7, 11) is 0. The highest BCUT2D eigenvalue weighted by atomic mass is 19.1. The highest BCUT2D eigenvalue weighted by Crippen LogP contribution is 2.25. The molecule has 0 unspecified atom stereocenters. The number of aromatic nitrogens is 2. The molecular weight excluding hydrogens is 326 g/mol. The van der Waals surface area contributed by atoms with Crippen molar-refractivity contribution in [3.8, 4) is 0 Å². The van der Waals surface area contributed by atoms with E-state index in [1.165, 1.54) is 18.6 Å². The van der Waals surface area contributed by atoms with Gasteiger partial charge >= 0.3 is 6.03 Å². The fourth-order valence-electron chi connectivity index (χ4n) is 2.37. The topological polar surface area (TPSA) is 66.9 Å². The molecule has 0 aliphatic heterocycles. The minimum absolute atomic E-state index is 0.0209. The number of hydrogen-bond donors (Lipinski definition) is 2. The Labute approximate surface area is 142 Å². The summed E-state index contributed by atoms with van der Waals surface area (Å²) in [6, 6.07) is 8.24. The first kappa shape index (κ1) is 16.5. The summed E-state index contributed by atoms with van der Waals surface area (Å²) in [4.78, 5) is 20.1. The van der Waals surface area contributed by atoms with Gasteiger partial charge in [-0.15, -0.1) is 0 Å². The maximum atomic E-state index is 14.2. The van der Waals surface area contributed by atoms with Crippen LogP contribution in [0.1, 0.15) is 17.2 Å². The van der Waals surface area contributed by atoms with Crippen molar-refractivity contribution >= 4 is 11.7 Å². The minimum atomic E-state index is -0.879. The van der Waals surface area contributed by atoms with E-state index in [4.69, 9.17) is 0 Å². The number of nitrogens with zero attached hydrogens (tertiary/aromatic N) is 2. The first-order valence-electron chi connectivity index (χ1n) is 7.46. The number of pyridine rings is 2. The molecule has 25 heavy (non-hydrogen) atoms. The van der Waals surface area contributed by atoms with Crippen LogP contribution >= 0.6 is 0 Å². The Morgan fingerprint density at radius 2 is 1.80 bits per heavy atom. The van der Waals surface area contributed by atoms with Crippen LogP contribution in [0.4, 0.5) is 19.3 Å². The molecule has 7 heteroatoms. The number of urea groups is 1. The Kier molecular flexibility index (Phi) is 4.94. The Bertz CT molecular complexity index is 859. The van der Waals surface area contributed by atoms with Gasteiger partial charge in [-0.05, 0) is 48.0 Å². The molecule has 0 fully saturated rings. The molecule has 5 nitrogen and oxygen atoms in total. The molecule has 3 aromatic rings. The van der Waals surface area contributed by atoms with Crippen LogP contribution in [0.15, 0.2) is 67.3 Å².